The summed E-state index contributed by atoms with van der Waals surface area (Å²) in [5.41, 5.74) is 0.868. The van der Waals surface area contributed by atoms with E-state index in [1.807, 2.05) is 19.1 Å². The number of fused-ring (bicyclic) bond motifs is 1. The minimum absolute atomic E-state index is 0.0851. The first-order valence-corrected chi connectivity index (χ1v) is 9.68. The molecule has 0 radical (unpaired) electrons. The van der Waals surface area contributed by atoms with Crippen LogP contribution in [0.3, 0.4) is 0 Å². The van der Waals surface area contributed by atoms with Gasteiger partial charge in [0.2, 0.25) is 11.8 Å². The van der Waals surface area contributed by atoms with E-state index in [1.54, 1.807) is 29.3 Å². The summed E-state index contributed by atoms with van der Waals surface area (Å²) in [6, 6.07) is 10.6. The molecule has 9 heteroatoms. The highest BCUT2D eigenvalue weighted by Crippen LogP contribution is 2.21. The number of hydrogen-bond donors (Lipinski definition) is 2. The molecule has 0 aliphatic carbocycles. The SMILES string of the molecule is CCCN(CC(=O)Nc1ccc(F)c(F)c1F)CC(=O)Nc1cccc2ncccc12. The lowest BCUT2D eigenvalue weighted by molar-refractivity contribution is -0.120. The molecule has 2 N–H and O–H groups in total. The number of carbonyl (C=O) groups excluding carboxylic acids is 2. The number of aromatic nitrogens is 1. The van der Waals surface area contributed by atoms with Crippen molar-refractivity contribution in [3.05, 3.63) is 66.1 Å². The van der Waals surface area contributed by atoms with Gasteiger partial charge in [0.25, 0.3) is 0 Å². The third-order valence-corrected chi connectivity index (χ3v) is 4.50. The summed E-state index contributed by atoms with van der Waals surface area (Å²) >= 11 is 0. The van der Waals surface area contributed by atoms with E-state index >= 15 is 0 Å². The van der Waals surface area contributed by atoms with Crippen LogP contribution in [0.15, 0.2) is 48.7 Å². The molecule has 2 amide bonds. The number of benzene rings is 2. The quantitative estimate of drug-likeness (QED) is 0.531. The van der Waals surface area contributed by atoms with E-state index in [1.165, 1.54) is 0 Å². The summed E-state index contributed by atoms with van der Waals surface area (Å²) in [7, 11) is 0. The predicted octanol–water partition coefficient (Wildman–Crippen LogP) is 3.94. The third-order valence-electron chi connectivity index (χ3n) is 4.50. The van der Waals surface area contributed by atoms with Crippen LogP contribution in [-0.4, -0.2) is 41.3 Å². The molecule has 1 heterocycles. The average molecular weight is 430 g/mol. The number of pyridine rings is 1. The van der Waals surface area contributed by atoms with Gasteiger partial charge >= 0.3 is 0 Å². The maximum Gasteiger partial charge on any atom is 0.238 e. The first kappa shape index (κ1) is 22.2. The average Bonchev–Trinajstić information content (AvgIpc) is 2.74. The fraction of sp³-hybridized carbons (Fsp3) is 0.227. The van der Waals surface area contributed by atoms with Crippen molar-refractivity contribution in [1.82, 2.24) is 9.88 Å². The van der Waals surface area contributed by atoms with Gasteiger partial charge in [-0.2, -0.15) is 0 Å². The largest absolute Gasteiger partial charge is 0.324 e. The summed E-state index contributed by atoms with van der Waals surface area (Å²) < 4.78 is 40.2. The number of nitrogens with zero attached hydrogens (tertiary/aromatic N) is 2. The first-order chi connectivity index (χ1) is 14.9. The van der Waals surface area contributed by atoms with Crippen LogP contribution in [0.2, 0.25) is 0 Å². The van der Waals surface area contributed by atoms with Crippen molar-refractivity contribution < 1.29 is 22.8 Å². The molecule has 162 valence electrons. The zero-order chi connectivity index (χ0) is 22.4. The van der Waals surface area contributed by atoms with Crippen molar-refractivity contribution >= 4 is 34.1 Å². The topological polar surface area (TPSA) is 74.3 Å². The molecule has 0 atom stereocenters. The molecule has 0 spiro atoms. The van der Waals surface area contributed by atoms with Gasteiger partial charge in [-0.3, -0.25) is 19.5 Å². The molecule has 0 unspecified atom stereocenters. The van der Waals surface area contributed by atoms with Gasteiger partial charge in [0, 0.05) is 11.6 Å². The van der Waals surface area contributed by atoms with Crippen LogP contribution >= 0.6 is 0 Å². The highest BCUT2D eigenvalue weighted by Gasteiger charge is 2.18. The first-order valence-electron chi connectivity index (χ1n) is 9.68. The second-order valence-electron chi connectivity index (χ2n) is 6.91. The van der Waals surface area contributed by atoms with Crippen LogP contribution in [0.5, 0.6) is 0 Å². The van der Waals surface area contributed by atoms with Gasteiger partial charge < -0.3 is 10.6 Å². The van der Waals surface area contributed by atoms with Crippen molar-refractivity contribution in [3.8, 4) is 0 Å². The Morgan fingerprint density at radius 2 is 1.61 bits per heavy atom. The maximum atomic E-state index is 13.8. The van der Waals surface area contributed by atoms with Gasteiger partial charge in [0.1, 0.15) is 0 Å². The fourth-order valence-corrected chi connectivity index (χ4v) is 3.15. The van der Waals surface area contributed by atoms with E-state index in [9.17, 15) is 22.8 Å². The predicted molar refractivity (Wildman–Crippen MR) is 112 cm³/mol. The van der Waals surface area contributed by atoms with Crippen molar-refractivity contribution in [2.75, 3.05) is 30.3 Å². The number of amides is 2. The molecule has 0 aliphatic heterocycles. The maximum absolute atomic E-state index is 13.8. The van der Waals surface area contributed by atoms with Gasteiger partial charge in [0.05, 0.1) is 30.0 Å². The normalized spacial score (nSPS) is 11.0. The standard InChI is InChI=1S/C22H21F3N4O2/c1-2-11-29(13-20(31)28-18-9-8-15(23)21(24)22(18)25)12-19(30)27-17-7-3-6-16-14(17)5-4-10-26-16/h3-10H,2,11-13H2,1H3,(H,27,30)(H,28,31). The molecule has 2 aromatic carbocycles. The molecule has 31 heavy (non-hydrogen) atoms. The fourth-order valence-electron chi connectivity index (χ4n) is 3.15. The summed E-state index contributed by atoms with van der Waals surface area (Å²) in [5.74, 6) is -5.47. The van der Waals surface area contributed by atoms with Gasteiger partial charge in [-0.15, -0.1) is 0 Å². The Kier molecular flexibility index (Phi) is 7.19. The second-order valence-corrected chi connectivity index (χ2v) is 6.91. The number of hydrogen-bond acceptors (Lipinski definition) is 4. The Balaban J connectivity index is 1.64. The van der Waals surface area contributed by atoms with Crippen molar-refractivity contribution in [2.24, 2.45) is 0 Å². The molecule has 0 bridgehead atoms. The highest BCUT2D eigenvalue weighted by molar-refractivity contribution is 6.01. The molecular weight excluding hydrogens is 409 g/mol. The molecule has 1 aromatic heterocycles. The smallest absolute Gasteiger partial charge is 0.238 e. The molecule has 0 saturated heterocycles. The lowest BCUT2D eigenvalue weighted by Gasteiger charge is -2.21. The van der Waals surface area contributed by atoms with Crippen LogP contribution in [0.25, 0.3) is 10.9 Å². The zero-order valence-electron chi connectivity index (χ0n) is 16.8. The summed E-state index contributed by atoms with van der Waals surface area (Å²) in [6.45, 7) is 2.00. The van der Waals surface area contributed by atoms with Crippen LogP contribution in [0, 0.1) is 17.5 Å². The molecule has 0 fully saturated rings. The number of anilines is 2. The lowest BCUT2D eigenvalue weighted by Crippen LogP contribution is -2.39. The number of rotatable bonds is 8. The van der Waals surface area contributed by atoms with E-state index in [-0.39, 0.29) is 19.0 Å². The molecule has 0 aliphatic rings. The Labute approximate surface area is 177 Å². The number of carbonyl (C=O) groups is 2. The van der Waals surface area contributed by atoms with Crippen molar-refractivity contribution in [1.29, 1.82) is 0 Å². The minimum Gasteiger partial charge on any atom is -0.324 e. The van der Waals surface area contributed by atoms with E-state index < -0.39 is 29.0 Å². The van der Waals surface area contributed by atoms with Gasteiger partial charge in [0.15, 0.2) is 17.5 Å². The monoisotopic (exact) mass is 430 g/mol. The number of halogens is 3. The Bertz CT molecular complexity index is 1100. The molecule has 3 rings (SSSR count). The van der Waals surface area contributed by atoms with Crippen LogP contribution < -0.4 is 10.6 Å². The summed E-state index contributed by atoms with van der Waals surface area (Å²) in [6.07, 6.45) is 2.32. The van der Waals surface area contributed by atoms with E-state index in [4.69, 9.17) is 0 Å². The zero-order valence-corrected chi connectivity index (χ0v) is 16.8. The van der Waals surface area contributed by atoms with E-state index in [0.717, 1.165) is 23.0 Å². The Hall–Kier alpha value is -3.46. The second kappa shape index (κ2) is 10.0. The van der Waals surface area contributed by atoms with Crippen molar-refractivity contribution in [3.63, 3.8) is 0 Å². The van der Waals surface area contributed by atoms with Gasteiger partial charge in [-0.05, 0) is 49.4 Å². The van der Waals surface area contributed by atoms with Crippen LogP contribution in [0.1, 0.15) is 13.3 Å². The molecule has 0 saturated carbocycles. The van der Waals surface area contributed by atoms with E-state index in [0.29, 0.717) is 18.7 Å². The summed E-state index contributed by atoms with van der Waals surface area (Å²) in [5, 5.41) is 5.81. The van der Waals surface area contributed by atoms with Crippen molar-refractivity contribution in [2.45, 2.75) is 13.3 Å². The Morgan fingerprint density at radius 3 is 2.32 bits per heavy atom. The highest BCUT2D eigenvalue weighted by atomic mass is 19.2. The Morgan fingerprint density at radius 1 is 0.903 bits per heavy atom. The van der Waals surface area contributed by atoms with Gasteiger partial charge in [-0.1, -0.05) is 13.0 Å². The van der Waals surface area contributed by atoms with Crippen LogP contribution in [-0.2, 0) is 9.59 Å². The molecule has 3 aromatic rings. The van der Waals surface area contributed by atoms with Crippen LogP contribution in [0.4, 0.5) is 24.5 Å². The van der Waals surface area contributed by atoms with E-state index in [2.05, 4.69) is 15.6 Å². The molecular formula is C22H21F3N4O2. The lowest BCUT2D eigenvalue weighted by atomic mass is 10.2. The molecule has 6 nitrogen and oxygen atoms in total. The minimum atomic E-state index is -1.66. The third kappa shape index (κ3) is 5.58. The number of nitrogens with one attached hydrogen (secondary N) is 2. The summed E-state index contributed by atoms with van der Waals surface area (Å²) in [4.78, 5) is 30.7. The van der Waals surface area contributed by atoms with Gasteiger partial charge in [-0.25, -0.2) is 13.2 Å².